The molecule has 1 unspecified atom stereocenters. The van der Waals surface area contributed by atoms with Crippen LogP contribution < -0.4 is 10.4 Å². The highest BCUT2D eigenvalue weighted by Gasteiger charge is 2.48. The number of carbonyl (C=O) groups excluding carboxylic acids is 3. The first-order valence-electron chi connectivity index (χ1n) is 11.5. The number of fused-ring (bicyclic) bond motifs is 1. The molecule has 0 spiro atoms. The number of hydrogen-bond acceptors (Lipinski definition) is 8. The van der Waals surface area contributed by atoms with E-state index in [0.717, 1.165) is 0 Å². The van der Waals surface area contributed by atoms with Crippen LogP contribution in [-0.4, -0.2) is 104 Å². The summed E-state index contributed by atoms with van der Waals surface area (Å²) in [7, 11) is 1.89. The summed E-state index contributed by atoms with van der Waals surface area (Å²) in [5.41, 5.74) is 0.294. The number of hydrogen-bond donors (Lipinski definition) is 3. The first kappa shape index (κ1) is 27.1. The fourth-order valence-corrected chi connectivity index (χ4v) is 6.47. The van der Waals surface area contributed by atoms with Crippen molar-refractivity contribution in [2.75, 3.05) is 39.8 Å². The minimum Gasteiger partial charge on any atom is -0.543 e. The minimum atomic E-state index is -2.66. The first-order valence-corrected chi connectivity index (χ1v) is 12.9. The maximum atomic E-state index is 12.9. The Morgan fingerprint density at radius 1 is 1.27 bits per heavy atom. The summed E-state index contributed by atoms with van der Waals surface area (Å²) >= 11 is 6.32. The number of nitrogens with zero attached hydrogens (tertiary/aromatic N) is 3. The van der Waals surface area contributed by atoms with Crippen molar-refractivity contribution in [3.63, 3.8) is 0 Å². The number of nitrogens with one attached hydrogen (secondary N) is 1. The normalized spacial score (nSPS) is 23.0. The fraction of sp³-hybridized carbons (Fsp3) is 0.478. The van der Waals surface area contributed by atoms with E-state index in [4.69, 9.17) is 12.2 Å². The van der Waals surface area contributed by atoms with Crippen LogP contribution in [0, 0.1) is 0 Å². The molecule has 10 nitrogen and oxygen atoms in total. The molecule has 3 heterocycles. The number of carboxylic acids is 1. The highest BCUT2D eigenvalue weighted by molar-refractivity contribution is 8.00. The van der Waals surface area contributed by atoms with Gasteiger partial charge in [-0.25, -0.2) is 8.78 Å². The third-order valence-electron chi connectivity index (χ3n) is 6.77. The summed E-state index contributed by atoms with van der Waals surface area (Å²) in [5, 5.41) is 33.1. The van der Waals surface area contributed by atoms with Gasteiger partial charge in [0.05, 0.1) is 68.1 Å². The number of amides is 2. The Bertz CT molecular complexity index is 1170. The predicted molar refractivity (Wildman–Crippen MR) is 131 cm³/mol. The highest BCUT2D eigenvalue weighted by Crippen LogP contribution is 2.43. The van der Waals surface area contributed by atoms with Gasteiger partial charge in [-0.2, -0.15) is 0 Å². The van der Waals surface area contributed by atoms with Crippen molar-refractivity contribution in [3.05, 3.63) is 35.0 Å². The largest absolute Gasteiger partial charge is 0.543 e. The SMILES string of the molecule is C[N+]1(CC2=C(C(=O)[O-])N3C(=O)C[C@H]3SC2NC(=S)CC(F)F)CCN(C(=O)c2ccc(O)c(O)c2)CC1. The average molecular weight is 557 g/mol. The third-order valence-corrected chi connectivity index (χ3v) is 8.42. The van der Waals surface area contributed by atoms with E-state index in [-0.39, 0.29) is 46.8 Å². The Kier molecular flexibility index (Phi) is 7.62. The Morgan fingerprint density at radius 3 is 2.51 bits per heavy atom. The molecule has 3 N–H and O–H groups in total. The number of carboxylic acid groups (broad SMARTS) is 1. The van der Waals surface area contributed by atoms with Crippen LogP contribution in [0.2, 0.25) is 0 Å². The number of aromatic hydroxyl groups is 2. The first-order chi connectivity index (χ1) is 17.4. The number of halogens is 2. The molecule has 0 bridgehead atoms. The van der Waals surface area contributed by atoms with Gasteiger partial charge in [-0.15, -0.1) is 11.8 Å². The molecule has 0 radical (unpaired) electrons. The van der Waals surface area contributed by atoms with Crippen LogP contribution in [0.3, 0.4) is 0 Å². The smallest absolute Gasteiger partial charge is 0.254 e. The van der Waals surface area contributed by atoms with E-state index < -0.39 is 35.3 Å². The summed E-state index contributed by atoms with van der Waals surface area (Å²) in [4.78, 5) is 40.0. The van der Waals surface area contributed by atoms with Crippen molar-refractivity contribution in [1.82, 2.24) is 15.1 Å². The van der Waals surface area contributed by atoms with Gasteiger partial charge in [-0.1, -0.05) is 12.2 Å². The molecular formula is C23H26F2N4O6S2. The molecule has 2 amide bonds. The van der Waals surface area contributed by atoms with E-state index in [1.165, 1.54) is 34.9 Å². The molecule has 4 rings (SSSR count). The highest BCUT2D eigenvalue weighted by atomic mass is 32.2. The van der Waals surface area contributed by atoms with Crippen molar-refractivity contribution in [3.8, 4) is 11.5 Å². The third kappa shape index (κ3) is 5.65. The number of carbonyl (C=O) groups is 3. The number of thiocarbonyl (C=S) groups is 1. The van der Waals surface area contributed by atoms with Crippen molar-refractivity contribution in [2.45, 2.75) is 30.0 Å². The van der Waals surface area contributed by atoms with Crippen LogP contribution in [0.5, 0.6) is 11.5 Å². The maximum absolute atomic E-state index is 12.9. The summed E-state index contributed by atoms with van der Waals surface area (Å²) in [6.07, 6.45) is -3.19. The molecule has 1 aromatic carbocycles. The zero-order chi connectivity index (χ0) is 27.1. The van der Waals surface area contributed by atoms with Gasteiger partial charge in [0.1, 0.15) is 11.9 Å². The van der Waals surface area contributed by atoms with E-state index in [2.05, 4.69) is 5.32 Å². The second kappa shape index (κ2) is 10.4. The standard InChI is InChI=1S/C23H26F2N4O6S2/c1-29(6-4-27(5-7-29)22(33)12-2-3-14(30)15(31)8-12)11-13-20(23(34)35)28-18(32)10-19(28)37-21(13)26-17(36)9-16(24)25/h2-3,8,16,19,21H,4-7,9-11H2,1H3,(H3-,26,30,31,33,34,35,36)/t19-,21?/m1/s1. The lowest BCUT2D eigenvalue weighted by molar-refractivity contribution is -0.908. The quantitative estimate of drug-likeness (QED) is 0.187. The maximum Gasteiger partial charge on any atom is 0.254 e. The minimum absolute atomic E-state index is 0.1000. The van der Waals surface area contributed by atoms with Crippen LogP contribution in [-0.2, 0) is 9.59 Å². The van der Waals surface area contributed by atoms with E-state index in [0.29, 0.717) is 36.2 Å². The van der Waals surface area contributed by atoms with Gasteiger partial charge in [0.2, 0.25) is 12.3 Å². The van der Waals surface area contributed by atoms with Gasteiger partial charge in [-0.05, 0) is 18.2 Å². The van der Waals surface area contributed by atoms with Crippen LogP contribution in [0.1, 0.15) is 23.2 Å². The number of aliphatic carboxylic acids is 1. The Hall–Kier alpha value is -2.97. The number of phenolic OH excluding ortho intramolecular Hbond substituents is 2. The number of benzene rings is 1. The number of likely N-dealkylation sites (N-methyl/N-ethyl adjacent to an activating group) is 1. The Balaban J connectivity index is 1.53. The zero-order valence-corrected chi connectivity index (χ0v) is 21.5. The lowest BCUT2D eigenvalue weighted by Gasteiger charge is -2.50. The monoisotopic (exact) mass is 556 g/mol. The number of piperazine rings is 1. The zero-order valence-electron chi connectivity index (χ0n) is 19.9. The lowest BCUT2D eigenvalue weighted by Crippen LogP contribution is -2.63. The van der Waals surface area contributed by atoms with E-state index >= 15 is 0 Å². The lowest BCUT2D eigenvalue weighted by atomic mass is 10.0. The second-order valence-corrected chi connectivity index (χ2v) is 11.3. The molecule has 14 heteroatoms. The van der Waals surface area contributed by atoms with Gasteiger partial charge in [0.25, 0.3) is 5.91 Å². The number of thioether (sulfide) groups is 1. The van der Waals surface area contributed by atoms with Crippen molar-refractivity contribution >= 4 is 46.8 Å². The van der Waals surface area contributed by atoms with Gasteiger partial charge in [-0.3, -0.25) is 14.5 Å². The van der Waals surface area contributed by atoms with Gasteiger partial charge in [0, 0.05) is 11.1 Å². The molecule has 2 fully saturated rings. The molecule has 0 saturated carbocycles. The van der Waals surface area contributed by atoms with Crippen LogP contribution in [0.15, 0.2) is 29.5 Å². The predicted octanol–water partition coefficient (Wildman–Crippen LogP) is 0.208. The topological polar surface area (TPSA) is 133 Å². The number of phenols is 2. The Morgan fingerprint density at radius 2 is 1.95 bits per heavy atom. The van der Waals surface area contributed by atoms with Crippen LogP contribution in [0.25, 0.3) is 0 Å². The van der Waals surface area contributed by atoms with Gasteiger partial charge < -0.3 is 34.8 Å². The molecule has 37 heavy (non-hydrogen) atoms. The number of rotatable bonds is 7. The number of quaternary nitrogens is 1. The molecule has 2 saturated heterocycles. The fourth-order valence-electron chi connectivity index (χ4n) is 4.70. The summed E-state index contributed by atoms with van der Waals surface area (Å²) < 4.78 is 26.1. The van der Waals surface area contributed by atoms with Crippen LogP contribution >= 0.6 is 24.0 Å². The summed E-state index contributed by atoms with van der Waals surface area (Å²) in [6, 6.07) is 3.84. The summed E-state index contributed by atoms with van der Waals surface area (Å²) in [5.74, 6) is -2.93. The number of β-lactam (4-membered cyclic amide) rings is 1. The molecule has 0 aromatic heterocycles. The van der Waals surface area contributed by atoms with Crippen LogP contribution in [0.4, 0.5) is 8.78 Å². The summed E-state index contributed by atoms with van der Waals surface area (Å²) in [6.45, 7) is 1.70. The van der Waals surface area contributed by atoms with E-state index in [1.54, 1.807) is 4.90 Å². The molecule has 2 atom stereocenters. The molecule has 200 valence electrons. The van der Waals surface area contributed by atoms with Crippen molar-refractivity contribution in [1.29, 1.82) is 0 Å². The van der Waals surface area contributed by atoms with Crippen molar-refractivity contribution in [2.24, 2.45) is 0 Å². The van der Waals surface area contributed by atoms with Gasteiger partial charge >= 0.3 is 0 Å². The molecule has 0 aliphatic carbocycles. The second-order valence-electron chi connectivity index (χ2n) is 9.48. The molecule has 1 aromatic rings. The molecule has 3 aliphatic rings. The van der Waals surface area contributed by atoms with Crippen molar-refractivity contribution < 1.29 is 43.0 Å². The Labute approximate surface area is 221 Å². The molecular weight excluding hydrogens is 530 g/mol. The average Bonchev–Trinajstić information content (AvgIpc) is 2.81. The molecule has 3 aliphatic heterocycles. The number of alkyl halides is 2. The van der Waals surface area contributed by atoms with Gasteiger partial charge in [0.15, 0.2) is 11.5 Å². The van der Waals surface area contributed by atoms with E-state index in [1.807, 2.05) is 7.05 Å². The van der Waals surface area contributed by atoms with E-state index in [9.17, 15) is 38.5 Å².